The lowest BCUT2D eigenvalue weighted by molar-refractivity contribution is 0.196. The van der Waals surface area contributed by atoms with Crippen molar-refractivity contribution in [3.05, 3.63) is 41.2 Å². The molecule has 0 aliphatic heterocycles. The van der Waals surface area contributed by atoms with E-state index in [1.807, 2.05) is 0 Å². The second kappa shape index (κ2) is 4.72. The molecule has 1 N–H and O–H groups in total. The highest BCUT2D eigenvalue weighted by atomic mass is 32.1. The number of aromatic nitrogens is 1. The van der Waals surface area contributed by atoms with Gasteiger partial charge in [-0.2, -0.15) is 0 Å². The van der Waals surface area contributed by atoms with Crippen molar-refractivity contribution in [3.63, 3.8) is 0 Å². The summed E-state index contributed by atoms with van der Waals surface area (Å²) in [7, 11) is 0. The Morgan fingerprint density at radius 1 is 1.38 bits per heavy atom. The van der Waals surface area contributed by atoms with E-state index in [0.29, 0.717) is 6.42 Å². The zero-order chi connectivity index (χ0) is 11.5. The molecular formula is C12H12FNOS. The van der Waals surface area contributed by atoms with Crippen molar-refractivity contribution in [2.75, 3.05) is 0 Å². The first-order valence-electron chi connectivity index (χ1n) is 5.04. The number of aliphatic hydroxyl groups excluding tert-OH is 1. The van der Waals surface area contributed by atoms with Gasteiger partial charge in [-0.3, -0.25) is 0 Å². The summed E-state index contributed by atoms with van der Waals surface area (Å²) in [4.78, 5) is 5.29. The monoisotopic (exact) mass is 237 g/mol. The lowest BCUT2D eigenvalue weighted by Crippen LogP contribution is -2.01. The summed E-state index contributed by atoms with van der Waals surface area (Å²) in [5.74, 6) is -0.246. The first-order chi connectivity index (χ1) is 7.65. The fourth-order valence-electron chi connectivity index (χ4n) is 1.42. The van der Waals surface area contributed by atoms with E-state index in [-0.39, 0.29) is 11.9 Å². The highest BCUT2D eigenvalue weighted by molar-refractivity contribution is 7.15. The highest BCUT2D eigenvalue weighted by Gasteiger charge is 2.06. The Bertz CT molecular complexity index is 464. The molecule has 0 fully saturated rings. The largest absolute Gasteiger partial charge is 0.393 e. The van der Waals surface area contributed by atoms with Crippen molar-refractivity contribution in [1.82, 2.24) is 4.98 Å². The van der Waals surface area contributed by atoms with Crippen LogP contribution in [0, 0.1) is 5.82 Å². The van der Waals surface area contributed by atoms with Crippen LogP contribution in [-0.4, -0.2) is 16.2 Å². The van der Waals surface area contributed by atoms with Crippen molar-refractivity contribution in [2.45, 2.75) is 19.4 Å². The van der Waals surface area contributed by atoms with Crippen LogP contribution < -0.4 is 0 Å². The Morgan fingerprint density at radius 2 is 2.06 bits per heavy atom. The van der Waals surface area contributed by atoms with Crippen LogP contribution in [0.15, 0.2) is 30.5 Å². The number of benzene rings is 1. The molecule has 2 rings (SSSR count). The van der Waals surface area contributed by atoms with Crippen molar-refractivity contribution < 1.29 is 9.50 Å². The summed E-state index contributed by atoms with van der Waals surface area (Å²) in [6, 6.07) is 6.26. The molecule has 0 aliphatic carbocycles. The number of hydrogen-bond donors (Lipinski definition) is 1. The standard InChI is InChI=1S/C12H12FNOS/c1-8(15)6-11-7-14-12(16-11)9-2-4-10(13)5-3-9/h2-5,7-8,15H,6H2,1H3. The van der Waals surface area contributed by atoms with Gasteiger partial charge in [0.1, 0.15) is 10.8 Å². The quantitative estimate of drug-likeness (QED) is 0.890. The highest BCUT2D eigenvalue weighted by Crippen LogP contribution is 2.25. The summed E-state index contributed by atoms with van der Waals surface area (Å²) in [5, 5.41) is 10.1. The molecule has 16 heavy (non-hydrogen) atoms. The maximum atomic E-state index is 12.7. The van der Waals surface area contributed by atoms with Gasteiger partial charge in [0.2, 0.25) is 0 Å². The van der Waals surface area contributed by atoms with Crippen LogP contribution in [0.2, 0.25) is 0 Å². The fraction of sp³-hybridized carbons (Fsp3) is 0.250. The van der Waals surface area contributed by atoms with Gasteiger partial charge >= 0.3 is 0 Å². The van der Waals surface area contributed by atoms with Gasteiger partial charge in [0.15, 0.2) is 0 Å². The first kappa shape index (κ1) is 11.2. The molecule has 84 valence electrons. The molecular weight excluding hydrogens is 225 g/mol. The number of thiazole rings is 1. The molecule has 0 saturated carbocycles. The average Bonchev–Trinajstić information content (AvgIpc) is 2.66. The van der Waals surface area contributed by atoms with Crippen molar-refractivity contribution in [3.8, 4) is 10.6 Å². The van der Waals surface area contributed by atoms with Crippen LogP contribution in [0.5, 0.6) is 0 Å². The molecule has 1 atom stereocenters. The molecule has 0 radical (unpaired) electrons. The van der Waals surface area contributed by atoms with Crippen molar-refractivity contribution in [2.24, 2.45) is 0 Å². The minimum absolute atomic E-state index is 0.246. The third-order valence-corrected chi connectivity index (χ3v) is 3.21. The van der Waals surface area contributed by atoms with E-state index in [2.05, 4.69) is 4.98 Å². The minimum Gasteiger partial charge on any atom is -0.393 e. The summed E-state index contributed by atoms with van der Waals surface area (Å²) in [6.45, 7) is 1.75. The van der Waals surface area contributed by atoms with E-state index in [9.17, 15) is 9.50 Å². The molecule has 1 unspecified atom stereocenters. The third-order valence-electron chi connectivity index (χ3n) is 2.14. The van der Waals surface area contributed by atoms with Crippen LogP contribution >= 0.6 is 11.3 Å². The zero-order valence-corrected chi connectivity index (χ0v) is 9.67. The number of rotatable bonds is 3. The molecule has 1 aromatic heterocycles. The Kier molecular flexibility index (Phi) is 3.31. The van der Waals surface area contributed by atoms with E-state index >= 15 is 0 Å². The number of nitrogens with zero attached hydrogens (tertiary/aromatic N) is 1. The Balaban J connectivity index is 2.21. The Morgan fingerprint density at radius 3 is 2.69 bits per heavy atom. The third kappa shape index (κ3) is 2.65. The van der Waals surface area contributed by atoms with Gasteiger partial charge in [0, 0.05) is 23.1 Å². The lowest BCUT2D eigenvalue weighted by atomic mass is 10.2. The molecule has 0 spiro atoms. The van der Waals surface area contributed by atoms with E-state index in [1.54, 1.807) is 25.3 Å². The van der Waals surface area contributed by atoms with Gasteiger partial charge in [-0.15, -0.1) is 11.3 Å². The Hall–Kier alpha value is -1.26. The van der Waals surface area contributed by atoms with Crippen molar-refractivity contribution >= 4 is 11.3 Å². The molecule has 0 bridgehead atoms. The molecule has 0 amide bonds. The molecule has 1 aromatic carbocycles. The molecule has 4 heteroatoms. The van der Waals surface area contributed by atoms with Crippen LogP contribution in [0.1, 0.15) is 11.8 Å². The van der Waals surface area contributed by atoms with Gasteiger partial charge in [-0.05, 0) is 31.2 Å². The molecule has 2 aromatic rings. The SMILES string of the molecule is CC(O)Cc1cnc(-c2ccc(F)cc2)s1. The second-order valence-electron chi connectivity index (χ2n) is 3.69. The number of hydrogen-bond acceptors (Lipinski definition) is 3. The maximum Gasteiger partial charge on any atom is 0.123 e. The van der Waals surface area contributed by atoms with Crippen LogP contribution in [0.25, 0.3) is 10.6 Å². The van der Waals surface area contributed by atoms with Gasteiger partial charge in [0.25, 0.3) is 0 Å². The fourth-order valence-corrected chi connectivity index (χ4v) is 2.46. The molecule has 0 aliphatic rings. The van der Waals surface area contributed by atoms with Gasteiger partial charge in [0.05, 0.1) is 6.10 Å². The van der Waals surface area contributed by atoms with Gasteiger partial charge < -0.3 is 5.11 Å². The molecule has 1 heterocycles. The van der Waals surface area contributed by atoms with Crippen LogP contribution in [0.3, 0.4) is 0 Å². The van der Waals surface area contributed by atoms with Crippen LogP contribution in [-0.2, 0) is 6.42 Å². The summed E-state index contributed by atoms with van der Waals surface area (Å²) < 4.78 is 12.7. The smallest absolute Gasteiger partial charge is 0.123 e. The lowest BCUT2D eigenvalue weighted by Gasteiger charge is -1.98. The average molecular weight is 237 g/mol. The van der Waals surface area contributed by atoms with Crippen molar-refractivity contribution in [1.29, 1.82) is 0 Å². The van der Waals surface area contributed by atoms with E-state index in [0.717, 1.165) is 15.4 Å². The second-order valence-corrected chi connectivity index (χ2v) is 4.81. The summed E-state index contributed by atoms with van der Waals surface area (Å²) >= 11 is 1.53. The maximum absolute atomic E-state index is 12.7. The molecule has 2 nitrogen and oxygen atoms in total. The summed E-state index contributed by atoms with van der Waals surface area (Å²) in [5.41, 5.74) is 0.906. The molecule has 0 saturated heterocycles. The summed E-state index contributed by atoms with van der Waals surface area (Å²) in [6.07, 6.45) is 2.01. The predicted octanol–water partition coefficient (Wildman–Crippen LogP) is 2.87. The minimum atomic E-state index is -0.360. The first-order valence-corrected chi connectivity index (χ1v) is 5.85. The predicted molar refractivity (Wildman–Crippen MR) is 62.9 cm³/mol. The number of halogens is 1. The number of aliphatic hydroxyl groups is 1. The van der Waals surface area contributed by atoms with E-state index in [1.165, 1.54) is 23.5 Å². The van der Waals surface area contributed by atoms with Gasteiger partial charge in [-0.1, -0.05) is 0 Å². The normalized spacial score (nSPS) is 12.7. The van der Waals surface area contributed by atoms with Crippen LogP contribution in [0.4, 0.5) is 4.39 Å². The van der Waals surface area contributed by atoms with E-state index < -0.39 is 0 Å². The Labute approximate surface area is 97.4 Å². The zero-order valence-electron chi connectivity index (χ0n) is 8.85. The van der Waals surface area contributed by atoms with Gasteiger partial charge in [-0.25, -0.2) is 9.37 Å². The topological polar surface area (TPSA) is 33.1 Å². The van der Waals surface area contributed by atoms with E-state index in [4.69, 9.17) is 0 Å².